The molecule has 0 aromatic rings. The van der Waals surface area contributed by atoms with E-state index in [1.54, 1.807) is 21.3 Å². The fourth-order valence-corrected chi connectivity index (χ4v) is 1.64. The summed E-state index contributed by atoms with van der Waals surface area (Å²) in [6, 6.07) is 0. The third kappa shape index (κ3) is 4.56. The first kappa shape index (κ1) is 13.6. The van der Waals surface area contributed by atoms with E-state index in [1.807, 2.05) is 0 Å². The van der Waals surface area contributed by atoms with Crippen molar-refractivity contribution in [1.29, 1.82) is 0 Å². The van der Waals surface area contributed by atoms with Crippen LogP contribution in [-0.4, -0.2) is 51.1 Å². The fourth-order valence-electron chi connectivity index (χ4n) is 1.12. The fraction of sp³-hybridized carbons (Fsp3) is 1.00. The van der Waals surface area contributed by atoms with E-state index < -0.39 is 0 Å². The lowest BCUT2D eigenvalue weighted by Crippen LogP contribution is -2.41. The minimum absolute atomic E-state index is 0.0495. The van der Waals surface area contributed by atoms with Gasteiger partial charge in [0.15, 0.2) is 0 Å². The molecule has 0 amide bonds. The van der Waals surface area contributed by atoms with Crippen molar-refractivity contribution < 1.29 is 14.2 Å². The molecule has 0 saturated carbocycles. The van der Waals surface area contributed by atoms with Gasteiger partial charge in [0.1, 0.15) is 6.10 Å². The second-order valence-corrected chi connectivity index (χ2v) is 3.71. The van der Waals surface area contributed by atoms with Crippen LogP contribution in [0.5, 0.6) is 0 Å². The van der Waals surface area contributed by atoms with Crippen molar-refractivity contribution in [3.05, 3.63) is 0 Å². The van der Waals surface area contributed by atoms with Crippen molar-refractivity contribution in [2.45, 2.75) is 17.5 Å². The molecule has 0 saturated heterocycles. The van der Waals surface area contributed by atoms with Crippen molar-refractivity contribution >= 4 is 25.3 Å². The lowest BCUT2D eigenvalue weighted by Gasteiger charge is -2.27. The Morgan fingerprint density at radius 1 is 1.15 bits per heavy atom. The molecule has 0 fully saturated rings. The summed E-state index contributed by atoms with van der Waals surface area (Å²) >= 11 is 8.51. The minimum Gasteiger partial charge on any atom is -0.382 e. The van der Waals surface area contributed by atoms with Gasteiger partial charge in [-0.2, -0.15) is 25.3 Å². The minimum atomic E-state index is -0.0929. The molecule has 0 radical (unpaired) electrons. The highest BCUT2D eigenvalue weighted by molar-refractivity contribution is 7.84. The lowest BCUT2D eigenvalue weighted by molar-refractivity contribution is -0.0656. The summed E-state index contributed by atoms with van der Waals surface area (Å²) in [5, 5.41) is 0.0495. The standard InChI is InChI=1S/C8H18O3S2/c1-9-4-6(10-2)8(11-3)7(13)5-12/h6-8,12-13H,4-5H2,1-3H3. The summed E-state index contributed by atoms with van der Waals surface area (Å²) in [6.07, 6.45) is -0.185. The quantitative estimate of drug-likeness (QED) is 0.632. The Balaban J connectivity index is 4.15. The van der Waals surface area contributed by atoms with E-state index in [1.165, 1.54) is 0 Å². The Bertz CT molecular complexity index is 124. The van der Waals surface area contributed by atoms with Gasteiger partial charge in [-0.05, 0) is 0 Å². The summed E-state index contributed by atoms with van der Waals surface area (Å²) in [7, 11) is 4.90. The molecule has 13 heavy (non-hydrogen) atoms. The zero-order chi connectivity index (χ0) is 10.3. The second-order valence-electron chi connectivity index (χ2n) is 2.68. The highest BCUT2D eigenvalue weighted by Gasteiger charge is 2.26. The molecule has 0 N–H and O–H groups in total. The van der Waals surface area contributed by atoms with E-state index in [0.717, 1.165) is 0 Å². The molecule has 0 bridgehead atoms. The number of ether oxygens (including phenoxy) is 3. The van der Waals surface area contributed by atoms with Crippen molar-refractivity contribution in [1.82, 2.24) is 0 Å². The molecular formula is C8H18O3S2. The number of hydrogen-bond acceptors (Lipinski definition) is 5. The maximum Gasteiger partial charge on any atom is 0.108 e. The Labute approximate surface area is 90.9 Å². The first-order valence-electron chi connectivity index (χ1n) is 4.04. The Morgan fingerprint density at radius 3 is 2.08 bits per heavy atom. The molecule has 3 atom stereocenters. The smallest absolute Gasteiger partial charge is 0.108 e. The number of rotatable bonds is 7. The van der Waals surface area contributed by atoms with Gasteiger partial charge in [0.25, 0.3) is 0 Å². The molecule has 5 heteroatoms. The van der Waals surface area contributed by atoms with Gasteiger partial charge >= 0.3 is 0 Å². The SMILES string of the molecule is COCC(OC)C(OC)C(S)CS. The first-order chi connectivity index (χ1) is 6.21. The van der Waals surface area contributed by atoms with Crippen LogP contribution < -0.4 is 0 Å². The molecule has 0 aliphatic heterocycles. The summed E-state index contributed by atoms with van der Waals surface area (Å²) in [5.41, 5.74) is 0. The molecule has 80 valence electrons. The van der Waals surface area contributed by atoms with Gasteiger partial charge in [-0.1, -0.05) is 0 Å². The van der Waals surface area contributed by atoms with E-state index >= 15 is 0 Å². The van der Waals surface area contributed by atoms with Crippen LogP contribution in [0.1, 0.15) is 0 Å². The normalized spacial score (nSPS) is 18.2. The third-order valence-electron chi connectivity index (χ3n) is 1.84. The molecule has 0 heterocycles. The predicted octanol–water partition coefficient (Wildman–Crippen LogP) is 0.891. The molecule has 0 aliphatic rings. The van der Waals surface area contributed by atoms with Crippen molar-refractivity contribution in [3.8, 4) is 0 Å². The lowest BCUT2D eigenvalue weighted by atomic mass is 10.1. The van der Waals surface area contributed by atoms with Crippen molar-refractivity contribution in [3.63, 3.8) is 0 Å². The van der Waals surface area contributed by atoms with Crippen LogP contribution in [0.25, 0.3) is 0 Å². The topological polar surface area (TPSA) is 27.7 Å². The van der Waals surface area contributed by atoms with Gasteiger partial charge in [-0.3, -0.25) is 0 Å². The van der Waals surface area contributed by atoms with E-state index in [2.05, 4.69) is 25.3 Å². The molecule has 3 nitrogen and oxygen atoms in total. The van der Waals surface area contributed by atoms with Gasteiger partial charge in [0.2, 0.25) is 0 Å². The zero-order valence-electron chi connectivity index (χ0n) is 8.27. The highest BCUT2D eigenvalue weighted by atomic mass is 32.1. The van der Waals surface area contributed by atoms with Crippen LogP contribution in [0.4, 0.5) is 0 Å². The number of thiol groups is 2. The molecule has 0 aromatic carbocycles. The van der Waals surface area contributed by atoms with E-state index in [0.29, 0.717) is 12.4 Å². The summed E-state index contributed by atoms with van der Waals surface area (Å²) < 4.78 is 15.5. The van der Waals surface area contributed by atoms with Crippen LogP contribution >= 0.6 is 25.3 Å². The van der Waals surface area contributed by atoms with Crippen LogP contribution in [0, 0.1) is 0 Å². The van der Waals surface area contributed by atoms with Crippen LogP contribution in [0.2, 0.25) is 0 Å². The second kappa shape index (κ2) is 7.94. The summed E-state index contributed by atoms with van der Waals surface area (Å²) in [4.78, 5) is 0. The van der Waals surface area contributed by atoms with E-state index in [4.69, 9.17) is 14.2 Å². The highest BCUT2D eigenvalue weighted by Crippen LogP contribution is 2.14. The molecule has 0 rings (SSSR count). The maximum atomic E-state index is 5.28. The Kier molecular flexibility index (Phi) is 8.29. The van der Waals surface area contributed by atoms with Gasteiger partial charge in [0, 0.05) is 32.3 Å². The predicted molar refractivity (Wildman–Crippen MR) is 60.1 cm³/mol. The van der Waals surface area contributed by atoms with Crippen LogP contribution in [0.3, 0.4) is 0 Å². The van der Waals surface area contributed by atoms with Crippen LogP contribution in [0.15, 0.2) is 0 Å². The van der Waals surface area contributed by atoms with Gasteiger partial charge in [-0.15, -0.1) is 0 Å². The molecule has 0 spiro atoms. The maximum absolute atomic E-state index is 5.28. The summed E-state index contributed by atoms with van der Waals surface area (Å²) in [6.45, 7) is 0.500. The van der Waals surface area contributed by atoms with Gasteiger partial charge < -0.3 is 14.2 Å². The first-order valence-corrected chi connectivity index (χ1v) is 5.19. The third-order valence-corrected chi connectivity index (χ3v) is 3.00. The Hall–Kier alpha value is 0.580. The van der Waals surface area contributed by atoms with E-state index in [9.17, 15) is 0 Å². The molecule has 0 aromatic heterocycles. The Morgan fingerprint density at radius 2 is 1.77 bits per heavy atom. The molecule has 0 aliphatic carbocycles. The van der Waals surface area contributed by atoms with Gasteiger partial charge in [0.05, 0.1) is 12.7 Å². The van der Waals surface area contributed by atoms with Gasteiger partial charge in [-0.25, -0.2) is 0 Å². The largest absolute Gasteiger partial charge is 0.382 e. The van der Waals surface area contributed by atoms with Crippen molar-refractivity contribution in [2.75, 3.05) is 33.7 Å². The summed E-state index contributed by atoms with van der Waals surface area (Å²) in [5.74, 6) is 0.644. The monoisotopic (exact) mass is 226 g/mol. The molecular weight excluding hydrogens is 208 g/mol. The number of hydrogen-bond donors (Lipinski definition) is 2. The number of methoxy groups -OCH3 is 3. The van der Waals surface area contributed by atoms with Crippen LogP contribution in [-0.2, 0) is 14.2 Å². The zero-order valence-corrected chi connectivity index (χ0v) is 10.1. The van der Waals surface area contributed by atoms with E-state index in [-0.39, 0.29) is 17.5 Å². The van der Waals surface area contributed by atoms with Crippen molar-refractivity contribution in [2.24, 2.45) is 0 Å². The average molecular weight is 226 g/mol. The average Bonchev–Trinajstić information content (AvgIpc) is 2.17. The molecule has 3 unspecified atom stereocenters.